The Kier molecular flexibility index (Phi) is 3.19. The zero-order valence-electron chi connectivity index (χ0n) is 10.6. The lowest BCUT2D eigenvalue weighted by Crippen LogP contribution is -2.40. The molecule has 0 spiro atoms. The van der Waals surface area contributed by atoms with Crippen molar-refractivity contribution in [3.8, 4) is 0 Å². The molecule has 4 amide bonds. The molecule has 1 aliphatic rings. The summed E-state index contributed by atoms with van der Waals surface area (Å²) in [5.41, 5.74) is -0.918. The van der Waals surface area contributed by atoms with Gasteiger partial charge in [-0.3, -0.25) is 19.8 Å². The molecule has 0 saturated carbocycles. The number of carbonyl (C=O) groups excluding carboxylic acids is 3. The van der Waals surface area contributed by atoms with Crippen LogP contribution >= 0.6 is 0 Å². The van der Waals surface area contributed by atoms with E-state index in [1.165, 1.54) is 6.33 Å². The van der Waals surface area contributed by atoms with E-state index in [0.717, 1.165) is 4.90 Å². The van der Waals surface area contributed by atoms with E-state index in [4.69, 9.17) is 0 Å². The second-order valence-electron chi connectivity index (χ2n) is 4.64. The Balaban J connectivity index is 1.87. The van der Waals surface area contributed by atoms with Gasteiger partial charge in [0.15, 0.2) is 0 Å². The monoisotopic (exact) mass is 266 g/mol. The molecule has 0 atom stereocenters. The van der Waals surface area contributed by atoms with Gasteiger partial charge in [-0.2, -0.15) is 10.1 Å². The standard InChI is InChI=1S/C10H14N6O3/c1-10(2)7(18)16(9(19)14-10)4-3-6(17)13-8-11-5-12-15-8/h5H,3-4H2,1-2H3,(H,14,19)(H2,11,12,13,15,17). The molecule has 102 valence electrons. The number of amides is 4. The molecule has 2 heterocycles. The molecule has 1 saturated heterocycles. The topological polar surface area (TPSA) is 120 Å². The molecule has 1 aromatic rings. The van der Waals surface area contributed by atoms with Gasteiger partial charge in [-0.1, -0.05) is 0 Å². The summed E-state index contributed by atoms with van der Waals surface area (Å²) in [6.07, 6.45) is 1.26. The molecule has 0 radical (unpaired) electrons. The van der Waals surface area contributed by atoms with Crippen molar-refractivity contribution < 1.29 is 14.4 Å². The first-order valence-electron chi connectivity index (χ1n) is 5.69. The van der Waals surface area contributed by atoms with Crippen LogP contribution in [0.25, 0.3) is 0 Å². The van der Waals surface area contributed by atoms with Crippen molar-refractivity contribution in [3.05, 3.63) is 6.33 Å². The molecule has 0 aromatic carbocycles. The number of anilines is 1. The molecular formula is C10H14N6O3. The van der Waals surface area contributed by atoms with E-state index >= 15 is 0 Å². The number of imide groups is 1. The van der Waals surface area contributed by atoms with Crippen LogP contribution in [0.1, 0.15) is 20.3 Å². The second-order valence-corrected chi connectivity index (χ2v) is 4.64. The van der Waals surface area contributed by atoms with Gasteiger partial charge in [0.2, 0.25) is 11.9 Å². The van der Waals surface area contributed by atoms with Crippen molar-refractivity contribution in [2.75, 3.05) is 11.9 Å². The van der Waals surface area contributed by atoms with Crippen LogP contribution in [0.2, 0.25) is 0 Å². The van der Waals surface area contributed by atoms with Crippen LogP contribution in [0, 0.1) is 0 Å². The number of urea groups is 1. The Hall–Kier alpha value is -2.45. The molecule has 1 aromatic heterocycles. The third-order valence-corrected chi connectivity index (χ3v) is 2.68. The van der Waals surface area contributed by atoms with Gasteiger partial charge < -0.3 is 5.32 Å². The molecule has 9 nitrogen and oxygen atoms in total. The highest BCUT2D eigenvalue weighted by atomic mass is 16.2. The first kappa shape index (κ1) is 13.0. The van der Waals surface area contributed by atoms with Crippen molar-refractivity contribution >= 4 is 23.8 Å². The highest BCUT2D eigenvalue weighted by Gasteiger charge is 2.43. The summed E-state index contributed by atoms with van der Waals surface area (Å²) in [5, 5.41) is 11.0. The molecule has 3 N–H and O–H groups in total. The minimum Gasteiger partial charge on any atom is -0.324 e. The summed E-state index contributed by atoms with van der Waals surface area (Å²) in [5.74, 6) is -0.477. The molecule has 1 aliphatic heterocycles. The van der Waals surface area contributed by atoms with Crippen molar-refractivity contribution in [1.82, 2.24) is 25.4 Å². The Morgan fingerprint density at radius 2 is 2.21 bits per heavy atom. The third-order valence-electron chi connectivity index (χ3n) is 2.68. The first-order valence-corrected chi connectivity index (χ1v) is 5.69. The highest BCUT2D eigenvalue weighted by Crippen LogP contribution is 2.16. The number of aromatic amines is 1. The van der Waals surface area contributed by atoms with E-state index in [1.807, 2.05) is 0 Å². The van der Waals surface area contributed by atoms with Gasteiger partial charge in [-0.15, -0.1) is 0 Å². The van der Waals surface area contributed by atoms with E-state index in [2.05, 4.69) is 25.8 Å². The number of aromatic nitrogens is 3. The largest absolute Gasteiger partial charge is 0.325 e. The lowest BCUT2D eigenvalue weighted by Gasteiger charge is -2.15. The third kappa shape index (κ3) is 2.69. The predicted molar refractivity (Wildman–Crippen MR) is 64.0 cm³/mol. The Bertz CT molecular complexity index is 509. The number of carbonyl (C=O) groups is 3. The molecule has 0 bridgehead atoms. The molecule has 0 aliphatic carbocycles. The van der Waals surface area contributed by atoms with Gasteiger partial charge in [0.25, 0.3) is 5.91 Å². The fourth-order valence-electron chi connectivity index (χ4n) is 1.69. The maximum atomic E-state index is 11.8. The second kappa shape index (κ2) is 4.67. The van der Waals surface area contributed by atoms with Gasteiger partial charge in [0.1, 0.15) is 11.9 Å². The molecule has 9 heteroatoms. The summed E-state index contributed by atoms with van der Waals surface area (Å²) in [7, 11) is 0. The van der Waals surface area contributed by atoms with Crippen molar-refractivity contribution in [2.45, 2.75) is 25.8 Å². The van der Waals surface area contributed by atoms with Gasteiger partial charge >= 0.3 is 6.03 Å². The van der Waals surface area contributed by atoms with Crippen LogP contribution in [-0.4, -0.2) is 50.0 Å². The predicted octanol–water partition coefficient (Wildman–Crippen LogP) is -0.536. The molecule has 19 heavy (non-hydrogen) atoms. The summed E-state index contributed by atoms with van der Waals surface area (Å²) in [6.45, 7) is 3.25. The number of hydrogen-bond acceptors (Lipinski definition) is 5. The normalized spacial score (nSPS) is 17.5. The first-order chi connectivity index (χ1) is 8.90. The van der Waals surface area contributed by atoms with Crippen molar-refractivity contribution in [3.63, 3.8) is 0 Å². The summed E-state index contributed by atoms with van der Waals surface area (Å²) in [6, 6.07) is -0.484. The number of rotatable bonds is 4. The Labute approximate surface area is 108 Å². The lowest BCUT2D eigenvalue weighted by molar-refractivity contribution is -0.130. The molecule has 2 rings (SSSR count). The SMILES string of the molecule is CC1(C)NC(=O)N(CCC(=O)Nc2ncn[nH]2)C1=O. The molecule has 0 unspecified atom stereocenters. The number of hydrogen-bond donors (Lipinski definition) is 3. The van der Waals surface area contributed by atoms with E-state index in [0.29, 0.717) is 0 Å². The maximum Gasteiger partial charge on any atom is 0.325 e. The quantitative estimate of drug-likeness (QED) is 0.632. The van der Waals surface area contributed by atoms with Crippen LogP contribution in [0.5, 0.6) is 0 Å². The van der Waals surface area contributed by atoms with Gasteiger partial charge in [0, 0.05) is 13.0 Å². The summed E-state index contributed by atoms with van der Waals surface area (Å²) >= 11 is 0. The lowest BCUT2D eigenvalue weighted by atomic mass is 10.1. The fourth-order valence-corrected chi connectivity index (χ4v) is 1.69. The minimum absolute atomic E-state index is 0.00403. The van der Waals surface area contributed by atoms with Crippen LogP contribution in [0.15, 0.2) is 6.33 Å². The Morgan fingerprint density at radius 1 is 1.47 bits per heavy atom. The van der Waals surface area contributed by atoms with E-state index < -0.39 is 11.6 Å². The minimum atomic E-state index is -0.918. The average Bonchev–Trinajstić information content (AvgIpc) is 2.86. The van der Waals surface area contributed by atoms with E-state index in [9.17, 15) is 14.4 Å². The van der Waals surface area contributed by atoms with E-state index in [1.54, 1.807) is 13.8 Å². The van der Waals surface area contributed by atoms with Crippen LogP contribution in [-0.2, 0) is 9.59 Å². The molecular weight excluding hydrogens is 252 g/mol. The van der Waals surface area contributed by atoms with Crippen molar-refractivity contribution in [1.29, 1.82) is 0 Å². The van der Waals surface area contributed by atoms with E-state index in [-0.39, 0.29) is 30.7 Å². The number of nitrogens with zero attached hydrogens (tertiary/aromatic N) is 3. The number of H-pyrrole nitrogens is 1. The fraction of sp³-hybridized carbons (Fsp3) is 0.500. The summed E-state index contributed by atoms with van der Waals surface area (Å²) in [4.78, 5) is 39.7. The van der Waals surface area contributed by atoms with Gasteiger partial charge in [-0.25, -0.2) is 9.89 Å². The van der Waals surface area contributed by atoms with Crippen LogP contribution in [0.4, 0.5) is 10.7 Å². The Morgan fingerprint density at radius 3 is 2.74 bits per heavy atom. The summed E-state index contributed by atoms with van der Waals surface area (Å²) < 4.78 is 0. The van der Waals surface area contributed by atoms with Gasteiger partial charge in [-0.05, 0) is 13.8 Å². The van der Waals surface area contributed by atoms with Crippen LogP contribution in [0.3, 0.4) is 0 Å². The van der Waals surface area contributed by atoms with Crippen LogP contribution < -0.4 is 10.6 Å². The zero-order valence-corrected chi connectivity index (χ0v) is 10.6. The van der Waals surface area contributed by atoms with Crippen molar-refractivity contribution in [2.24, 2.45) is 0 Å². The highest BCUT2D eigenvalue weighted by molar-refractivity contribution is 6.06. The average molecular weight is 266 g/mol. The maximum absolute atomic E-state index is 11.8. The smallest absolute Gasteiger partial charge is 0.324 e. The zero-order chi connectivity index (χ0) is 14.0. The molecule has 1 fully saturated rings. The van der Waals surface area contributed by atoms with Gasteiger partial charge in [0.05, 0.1) is 0 Å². The number of nitrogens with one attached hydrogen (secondary N) is 3.